The molecule has 0 N–H and O–H groups in total. The van der Waals surface area contributed by atoms with Crippen LogP contribution in [0.1, 0.15) is 0 Å². The van der Waals surface area contributed by atoms with E-state index in [1.807, 2.05) is 11.3 Å². The molecule has 2 nitrogen and oxygen atoms in total. The Balaban J connectivity index is 1.25. The zero-order valence-corrected chi connectivity index (χ0v) is 25.1. The highest BCUT2D eigenvalue weighted by molar-refractivity contribution is 7.21. The maximum absolute atomic E-state index is 2.44. The van der Waals surface area contributed by atoms with Gasteiger partial charge in [0.15, 0.2) is 0 Å². The molecule has 0 aliphatic heterocycles. The number of thiophene rings is 1. The number of rotatable bonds is 3. The molecule has 3 aromatic heterocycles. The van der Waals surface area contributed by atoms with E-state index < -0.39 is 0 Å². The minimum atomic E-state index is 1.17. The van der Waals surface area contributed by atoms with Crippen molar-refractivity contribution in [1.82, 2.24) is 9.13 Å². The molecule has 0 aliphatic rings. The highest BCUT2D eigenvalue weighted by atomic mass is 32.1. The quantitative estimate of drug-likeness (QED) is 0.194. The van der Waals surface area contributed by atoms with Crippen LogP contribution in [0.25, 0.3) is 86.3 Å². The number of hydrogen-bond acceptors (Lipinski definition) is 1. The second-order valence-electron chi connectivity index (χ2n) is 11.8. The van der Waals surface area contributed by atoms with Gasteiger partial charge < -0.3 is 9.13 Å². The van der Waals surface area contributed by atoms with E-state index in [-0.39, 0.29) is 0 Å². The van der Waals surface area contributed by atoms with Gasteiger partial charge in [-0.25, -0.2) is 0 Å². The van der Waals surface area contributed by atoms with Crippen LogP contribution in [0.4, 0.5) is 0 Å². The number of nitrogens with zero attached hydrogens (tertiary/aromatic N) is 2. The number of para-hydroxylation sites is 3. The minimum Gasteiger partial charge on any atom is -0.309 e. The second kappa shape index (κ2) is 9.43. The Morgan fingerprint density at radius 2 is 0.933 bits per heavy atom. The molecule has 0 spiro atoms. The molecule has 45 heavy (non-hydrogen) atoms. The van der Waals surface area contributed by atoms with E-state index in [1.54, 1.807) is 0 Å². The van der Waals surface area contributed by atoms with Crippen LogP contribution in [0.15, 0.2) is 158 Å². The molecule has 10 rings (SSSR count). The largest absolute Gasteiger partial charge is 0.309 e. The Hall–Kier alpha value is -5.64. The molecular weight excluding hydrogens is 565 g/mol. The second-order valence-corrected chi connectivity index (χ2v) is 12.9. The van der Waals surface area contributed by atoms with E-state index in [2.05, 4.69) is 167 Å². The molecule has 0 fully saturated rings. The lowest BCUT2D eigenvalue weighted by atomic mass is 9.96. The van der Waals surface area contributed by atoms with Crippen molar-refractivity contribution >= 4 is 75.8 Å². The summed E-state index contributed by atoms with van der Waals surface area (Å²) < 4.78 is 6.17. The fourth-order valence-electron chi connectivity index (χ4n) is 7.32. The Morgan fingerprint density at radius 1 is 0.378 bits per heavy atom. The van der Waals surface area contributed by atoms with Crippen molar-refractivity contribution in [2.45, 2.75) is 0 Å². The minimum absolute atomic E-state index is 1.17. The smallest absolute Gasteiger partial charge is 0.101 e. The fraction of sp³-hybridized carbons (Fsp3) is 0. The normalized spacial score (nSPS) is 12.0. The van der Waals surface area contributed by atoms with E-state index in [0.717, 1.165) is 0 Å². The molecular formula is C42H26N2S. The highest BCUT2D eigenvalue weighted by Gasteiger charge is 2.17. The van der Waals surface area contributed by atoms with Crippen molar-refractivity contribution < 1.29 is 0 Å². The van der Waals surface area contributed by atoms with Gasteiger partial charge in [-0.15, -0.1) is 11.3 Å². The Labute approximate surface area is 263 Å². The van der Waals surface area contributed by atoms with Gasteiger partial charge in [0.2, 0.25) is 0 Å². The summed E-state index contributed by atoms with van der Waals surface area (Å²) in [5.74, 6) is 0. The van der Waals surface area contributed by atoms with Gasteiger partial charge in [-0.1, -0.05) is 103 Å². The molecule has 10 aromatic rings. The van der Waals surface area contributed by atoms with Gasteiger partial charge in [0.1, 0.15) is 5.00 Å². The zero-order chi connectivity index (χ0) is 29.5. The predicted molar refractivity (Wildman–Crippen MR) is 193 cm³/mol. The molecule has 0 radical (unpaired) electrons. The van der Waals surface area contributed by atoms with E-state index in [9.17, 15) is 0 Å². The molecule has 0 unspecified atom stereocenters. The summed E-state index contributed by atoms with van der Waals surface area (Å²) >= 11 is 1.85. The van der Waals surface area contributed by atoms with Crippen molar-refractivity contribution in [3.63, 3.8) is 0 Å². The standard InChI is InChI=1S/C42H26N2S/c1-3-13-31-27(11-1)23-30(43-37-17-7-4-14-32(37)33-15-5-8-18-38(33)43)26-35(31)28-21-22-40-36(24-28)34-16-6-9-19-39(34)44(40)42-25-29-12-2-10-20-41(29)45-42/h1-26H. The summed E-state index contributed by atoms with van der Waals surface area (Å²) in [4.78, 5) is 0. The van der Waals surface area contributed by atoms with E-state index in [4.69, 9.17) is 0 Å². The first-order valence-corrected chi connectivity index (χ1v) is 16.2. The lowest BCUT2D eigenvalue weighted by molar-refractivity contribution is 1.19. The van der Waals surface area contributed by atoms with Gasteiger partial charge in [-0.2, -0.15) is 0 Å². The Bertz CT molecular complexity index is 2690. The number of benzene rings is 7. The molecule has 3 heterocycles. The highest BCUT2D eigenvalue weighted by Crippen LogP contribution is 2.41. The van der Waals surface area contributed by atoms with Gasteiger partial charge in [-0.05, 0) is 81.9 Å². The summed E-state index contributed by atoms with van der Waals surface area (Å²) in [6, 6.07) is 57.8. The van der Waals surface area contributed by atoms with Gasteiger partial charge in [0, 0.05) is 31.9 Å². The third-order valence-corrected chi connectivity index (χ3v) is 10.4. The monoisotopic (exact) mass is 590 g/mol. The average Bonchev–Trinajstić information content (AvgIpc) is 3.77. The SMILES string of the molecule is c1ccc2sc(-n3c4ccccc4c4cc(-c5cc(-n6c7ccccc7c7ccccc76)cc6ccccc56)ccc43)cc2c1. The molecule has 0 saturated heterocycles. The number of aromatic nitrogens is 2. The van der Waals surface area contributed by atoms with E-state index in [1.165, 1.54) is 86.3 Å². The van der Waals surface area contributed by atoms with Crippen molar-refractivity contribution in [3.05, 3.63) is 158 Å². The molecule has 0 atom stereocenters. The van der Waals surface area contributed by atoms with E-state index >= 15 is 0 Å². The van der Waals surface area contributed by atoms with Gasteiger partial charge in [0.05, 0.1) is 22.1 Å². The summed E-state index contributed by atoms with van der Waals surface area (Å²) in [5, 5.41) is 10.1. The van der Waals surface area contributed by atoms with Crippen molar-refractivity contribution in [2.24, 2.45) is 0 Å². The Kier molecular flexibility index (Phi) is 5.19. The third kappa shape index (κ3) is 3.62. The van der Waals surface area contributed by atoms with E-state index in [0.29, 0.717) is 0 Å². The van der Waals surface area contributed by atoms with Crippen LogP contribution >= 0.6 is 11.3 Å². The molecule has 0 bridgehead atoms. The van der Waals surface area contributed by atoms with Crippen LogP contribution in [-0.2, 0) is 0 Å². The van der Waals surface area contributed by atoms with Gasteiger partial charge in [-0.3, -0.25) is 0 Å². The van der Waals surface area contributed by atoms with Gasteiger partial charge >= 0.3 is 0 Å². The van der Waals surface area contributed by atoms with Crippen molar-refractivity contribution in [1.29, 1.82) is 0 Å². The maximum Gasteiger partial charge on any atom is 0.101 e. The molecule has 210 valence electrons. The third-order valence-electron chi connectivity index (χ3n) is 9.30. The molecule has 0 saturated carbocycles. The van der Waals surface area contributed by atoms with Crippen LogP contribution in [0.2, 0.25) is 0 Å². The molecule has 7 aromatic carbocycles. The molecule has 0 amide bonds. The first-order valence-electron chi connectivity index (χ1n) is 15.4. The van der Waals surface area contributed by atoms with Crippen LogP contribution < -0.4 is 0 Å². The summed E-state index contributed by atoms with van der Waals surface area (Å²) in [6.07, 6.45) is 0. The fourth-order valence-corrected chi connectivity index (χ4v) is 8.41. The Morgan fingerprint density at radius 3 is 1.64 bits per heavy atom. The predicted octanol–water partition coefficient (Wildman–Crippen LogP) is 11.9. The molecule has 3 heteroatoms. The average molecular weight is 591 g/mol. The maximum atomic E-state index is 2.44. The zero-order valence-electron chi connectivity index (χ0n) is 24.3. The lowest BCUT2D eigenvalue weighted by Gasteiger charge is -2.14. The van der Waals surface area contributed by atoms with Crippen molar-refractivity contribution in [3.8, 4) is 21.8 Å². The van der Waals surface area contributed by atoms with Gasteiger partial charge in [0.25, 0.3) is 0 Å². The lowest BCUT2D eigenvalue weighted by Crippen LogP contribution is -1.95. The van der Waals surface area contributed by atoms with Crippen molar-refractivity contribution in [2.75, 3.05) is 0 Å². The van der Waals surface area contributed by atoms with Crippen LogP contribution in [0.5, 0.6) is 0 Å². The topological polar surface area (TPSA) is 9.86 Å². The number of hydrogen-bond donors (Lipinski definition) is 0. The first-order chi connectivity index (χ1) is 22.3. The van der Waals surface area contributed by atoms with Crippen LogP contribution in [0.3, 0.4) is 0 Å². The summed E-state index contributed by atoms with van der Waals surface area (Å²) in [7, 11) is 0. The summed E-state index contributed by atoms with van der Waals surface area (Å²) in [6.45, 7) is 0. The number of fused-ring (bicyclic) bond motifs is 8. The summed E-state index contributed by atoms with van der Waals surface area (Å²) in [5.41, 5.74) is 8.55. The van der Waals surface area contributed by atoms with Crippen LogP contribution in [-0.4, -0.2) is 9.13 Å². The molecule has 0 aliphatic carbocycles. The van der Waals surface area contributed by atoms with Crippen LogP contribution in [0, 0.1) is 0 Å². The first kappa shape index (κ1) is 24.8.